The van der Waals surface area contributed by atoms with Gasteiger partial charge in [0.1, 0.15) is 13.2 Å². The van der Waals surface area contributed by atoms with Gasteiger partial charge in [-0.05, 0) is 17.7 Å². The summed E-state index contributed by atoms with van der Waals surface area (Å²) in [4.78, 5) is 10.8. The second-order valence-electron chi connectivity index (χ2n) is 3.74. The molecule has 1 aromatic carbocycles. The molecule has 0 aliphatic carbocycles. The molecule has 0 amide bonds. The molecule has 0 saturated carbocycles. The van der Waals surface area contributed by atoms with Gasteiger partial charge in [0, 0.05) is 13.5 Å². The van der Waals surface area contributed by atoms with E-state index < -0.39 is 12.1 Å². The average molecular weight is 238 g/mol. The van der Waals surface area contributed by atoms with Crippen molar-refractivity contribution < 1.29 is 24.1 Å². The lowest BCUT2D eigenvalue weighted by Gasteiger charge is -2.19. The summed E-state index contributed by atoms with van der Waals surface area (Å²) in [6, 6.07) is 5.41. The number of hydrogen-bond acceptors (Lipinski definition) is 4. The maximum absolute atomic E-state index is 10.8. The largest absolute Gasteiger partial charge is 0.486 e. The monoisotopic (exact) mass is 238 g/mol. The summed E-state index contributed by atoms with van der Waals surface area (Å²) in [5.41, 5.74) is 0.850. The quantitative estimate of drug-likeness (QED) is 0.850. The van der Waals surface area contributed by atoms with Crippen LogP contribution in [-0.4, -0.2) is 37.5 Å². The first-order chi connectivity index (χ1) is 8.20. The van der Waals surface area contributed by atoms with Crippen molar-refractivity contribution in [3.63, 3.8) is 0 Å². The van der Waals surface area contributed by atoms with E-state index in [0.29, 0.717) is 31.1 Å². The normalized spacial score (nSPS) is 15.4. The van der Waals surface area contributed by atoms with Gasteiger partial charge in [0.25, 0.3) is 0 Å². The van der Waals surface area contributed by atoms with Gasteiger partial charge in [0.2, 0.25) is 0 Å². The standard InChI is InChI=1S/C12H14O5/c1-15-11(12(13)14)7-8-2-3-9-10(6-8)17-5-4-16-9/h2-3,6,11H,4-5,7H2,1H3,(H,13,14). The molecule has 0 radical (unpaired) electrons. The molecule has 17 heavy (non-hydrogen) atoms. The highest BCUT2D eigenvalue weighted by Crippen LogP contribution is 2.31. The van der Waals surface area contributed by atoms with Gasteiger partial charge in [0.15, 0.2) is 17.6 Å². The number of carboxylic acids is 1. The molecule has 0 saturated heterocycles. The van der Waals surface area contributed by atoms with Gasteiger partial charge in [0.05, 0.1) is 0 Å². The van der Waals surface area contributed by atoms with Gasteiger partial charge >= 0.3 is 5.97 Å². The van der Waals surface area contributed by atoms with Crippen LogP contribution in [0.1, 0.15) is 5.56 Å². The Morgan fingerprint density at radius 1 is 1.41 bits per heavy atom. The molecule has 0 fully saturated rings. The number of aliphatic carboxylic acids is 1. The van der Waals surface area contributed by atoms with Crippen LogP contribution in [0.4, 0.5) is 0 Å². The third-order valence-electron chi connectivity index (χ3n) is 2.59. The maximum atomic E-state index is 10.8. The molecular weight excluding hydrogens is 224 g/mol. The summed E-state index contributed by atoms with van der Waals surface area (Å²) in [5.74, 6) is 0.390. The van der Waals surface area contributed by atoms with Gasteiger partial charge in [-0.1, -0.05) is 6.07 Å². The minimum Gasteiger partial charge on any atom is -0.486 e. The smallest absolute Gasteiger partial charge is 0.333 e. The molecule has 5 heteroatoms. The maximum Gasteiger partial charge on any atom is 0.333 e. The van der Waals surface area contributed by atoms with Crippen LogP contribution < -0.4 is 9.47 Å². The second kappa shape index (κ2) is 5.05. The van der Waals surface area contributed by atoms with E-state index in [4.69, 9.17) is 19.3 Å². The van der Waals surface area contributed by atoms with Crippen LogP contribution in [-0.2, 0) is 16.0 Å². The summed E-state index contributed by atoms with van der Waals surface area (Å²) >= 11 is 0. The summed E-state index contributed by atoms with van der Waals surface area (Å²) < 4.78 is 15.7. The van der Waals surface area contributed by atoms with Crippen molar-refractivity contribution in [1.29, 1.82) is 0 Å². The van der Waals surface area contributed by atoms with E-state index in [1.165, 1.54) is 7.11 Å². The molecule has 1 aliphatic rings. The first kappa shape index (κ1) is 11.7. The summed E-state index contributed by atoms with van der Waals surface area (Å²) in [7, 11) is 1.39. The first-order valence-electron chi connectivity index (χ1n) is 5.35. The lowest BCUT2D eigenvalue weighted by molar-refractivity contribution is -0.148. The third kappa shape index (κ3) is 2.68. The zero-order valence-electron chi connectivity index (χ0n) is 9.51. The van der Waals surface area contributed by atoms with E-state index in [9.17, 15) is 4.79 Å². The van der Waals surface area contributed by atoms with Crippen LogP contribution in [0.3, 0.4) is 0 Å². The zero-order chi connectivity index (χ0) is 12.3. The van der Waals surface area contributed by atoms with Crippen LogP contribution in [0.15, 0.2) is 18.2 Å². The topological polar surface area (TPSA) is 65.0 Å². The van der Waals surface area contributed by atoms with Crippen molar-refractivity contribution in [3.8, 4) is 11.5 Å². The van der Waals surface area contributed by atoms with Gasteiger partial charge < -0.3 is 19.3 Å². The fourth-order valence-electron chi connectivity index (χ4n) is 1.70. The summed E-state index contributed by atoms with van der Waals surface area (Å²) in [6.45, 7) is 1.06. The van der Waals surface area contributed by atoms with E-state index in [2.05, 4.69) is 0 Å². The predicted molar refractivity (Wildman–Crippen MR) is 59.6 cm³/mol. The molecule has 1 atom stereocenters. The number of ether oxygens (including phenoxy) is 3. The van der Waals surface area contributed by atoms with Crippen molar-refractivity contribution in [1.82, 2.24) is 0 Å². The molecule has 92 valence electrons. The zero-order valence-corrected chi connectivity index (χ0v) is 9.51. The molecule has 1 unspecified atom stereocenters. The molecule has 5 nitrogen and oxygen atoms in total. The molecular formula is C12H14O5. The Hall–Kier alpha value is -1.75. The Morgan fingerprint density at radius 3 is 2.76 bits per heavy atom. The Balaban J connectivity index is 2.14. The van der Waals surface area contributed by atoms with Crippen LogP contribution in [0.5, 0.6) is 11.5 Å². The van der Waals surface area contributed by atoms with Crippen LogP contribution >= 0.6 is 0 Å². The lowest BCUT2D eigenvalue weighted by atomic mass is 10.1. The van der Waals surface area contributed by atoms with E-state index >= 15 is 0 Å². The van der Waals surface area contributed by atoms with Crippen molar-refractivity contribution in [2.45, 2.75) is 12.5 Å². The summed E-state index contributed by atoms with van der Waals surface area (Å²) in [6.07, 6.45) is -0.528. The first-order valence-corrected chi connectivity index (χ1v) is 5.35. The van der Waals surface area contributed by atoms with E-state index in [0.717, 1.165) is 5.56 Å². The molecule has 0 aromatic heterocycles. The number of fused-ring (bicyclic) bond motifs is 1. The number of hydrogen-bond donors (Lipinski definition) is 1. The molecule has 1 heterocycles. The van der Waals surface area contributed by atoms with Crippen LogP contribution in [0, 0.1) is 0 Å². The van der Waals surface area contributed by atoms with E-state index in [1.807, 2.05) is 6.07 Å². The number of rotatable bonds is 4. The van der Waals surface area contributed by atoms with E-state index in [1.54, 1.807) is 12.1 Å². The minimum atomic E-state index is -0.970. The Bertz CT molecular complexity index is 415. The molecule has 0 bridgehead atoms. The fourth-order valence-corrected chi connectivity index (χ4v) is 1.70. The molecule has 1 N–H and O–H groups in total. The highest BCUT2D eigenvalue weighted by molar-refractivity contribution is 5.72. The summed E-state index contributed by atoms with van der Waals surface area (Å²) in [5, 5.41) is 8.89. The van der Waals surface area contributed by atoms with Gasteiger partial charge in [-0.2, -0.15) is 0 Å². The van der Waals surface area contributed by atoms with Crippen molar-refractivity contribution >= 4 is 5.97 Å². The highest BCUT2D eigenvalue weighted by atomic mass is 16.6. The molecule has 1 aromatic rings. The SMILES string of the molecule is COC(Cc1ccc2c(c1)OCCO2)C(=O)O. The molecule has 0 spiro atoms. The van der Waals surface area contributed by atoms with Gasteiger partial charge in [-0.15, -0.1) is 0 Å². The fraction of sp³-hybridized carbons (Fsp3) is 0.417. The molecule has 2 rings (SSSR count). The number of benzene rings is 1. The lowest BCUT2D eigenvalue weighted by Crippen LogP contribution is -2.25. The van der Waals surface area contributed by atoms with Crippen LogP contribution in [0.25, 0.3) is 0 Å². The second-order valence-corrected chi connectivity index (χ2v) is 3.74. The Morgan fingerprint density at radius 2 is 2.12 bits per heavy atom. The molecule has 1 aliphatic heterocycles. The van der Waals surface area contributed by atoms with Crippen molar-refractivity contribution in [2.75, 3.05) is 20.3 Å². The van der Waals surface area contributed by atoms with Crippen molar-refractivity contribution in [2.24, 2.45) is 0 Å². The number of carboxylic acid groups (broad SMARTS) is 1. The third-order valence-corrected chi connectivity index (χ3v) is 2.59. The average Bonchev–Trinajstić information content (AvgIpc) is 2.35. The predicted octanol–water partition coefficient (Wildman–Crippen LogP) is 1.10. The minimum absolute atomic E-state index is 0.308. The Kier molecular flexibility index (Phi) is 3.49. The van der Waals surface area contributed by atoms with Crippen LogP contribution in [0.2, 0.25) is 0 Å². The van der Waals surface area contributed by atoms with E-state index in [-0.39, 0.29) is 0 Å². The van der Waals surface area contributed by atoms with Gasteiger partial charge in [-0.25, -0.2) is 4.79 Å². The van der Waals surface area contributed by atoms with Crippen molar-refractivity contribution in [3.05, 3.63) is 23.8 Å². The number of methoxy groups -OCH3 is 1. The number of carbonyl (C=O) groups is 1. The Labute approximate surface area is 98.9 Å². The van der Waals surface area contributed by atoms with Gasteiger partial charge in [-0.3, -0.25) is 0 Å². The highest BCUT2D eigenvalue weighted by Gasteiger charge is 2.18.